The summed E-state index contributed by atoms with van der Waals surface area (Å²) >= 11 is 0. The van der Waals surface area contributed by atoms with Gasteiger partial charge in [-0.2, -0.15) is 13.2 Å². The SMILES string of the molecule is CCOc1cccc(-c2ccc(C(=O)N3CCN(c4ccc(C(=O)NCC(F)(F)F)cc4)CC3)cc2F)c1. The second-order valence-corrected chi connectivity index (χ2v) is 8.78. The normalized spacial score (nSPS) is 13.8. The van der Waals surface area contributed by atoms with E-state index >= 15 is 0 Å². The summed E-state index contributed by atoms with van der Waals surface area (Å²) in [5, 5.41) is 1.84. The molecule has 3 aromatic carbocycles. The average Bonchev–Trinajstić information content (AvgIpc) is 2.91. The number of amides is 2. The second kappa shape index (κ2) is 11.5. The van der Waals surface area contributed by atoms with Crippen molar-refractivity contribution < 1.29 is 31.9 Å². The molecule has 1 fully saturated rings. The fourth-order valence-corrected chi connectivity index (χ4v) is 4.26. The van der Waals surface area contributed by atoms with Gasteiger partial charge in [0.25, 0.3) is 11.8 Å². The standard InChI is InChI=1S/C28H27F4N3O3/c1-2-38-23-5-3-4-20(16-23)24-11-8-21(17-25(24)29)27(37)35-14-12-34(13-15-35)22-9-6-19(7-10-22)26(36)33-18-28(30,31)32/h3-11,16-17H,2,12-15,18H2,1H3,(H,33,36). The molecule has 200 valence electrons. The highest BCUT2D eigenvalue weighted by Crippen LogP contribution is 2.28. The van der Waals surface area contributed by atoms with Gasteiger partial charge < -0.3 is 19.9 Å². The van der Waals surface area contributed by atoms with E-state index in [1.807, 2.05) is 17.1 Å². The van der Waals surface area contributed by atoms with Crippen LogP contribution >= 0.6 is 0 Å². The van der Waals surface area contributed by atoms with Crippen LogP contribution in [0.3, 0.4) is 0 Å². The number of rotatable bonds is 7. The van der Waals surface area contributed by atoms with Gasteiger partial charge in [-0.15, -0.1) is 0 Å². The molecule has 10 heteroatoms. The summed E-state index contributed by atoms with van der Waals surface area (Å²) in [5.41, 5.74) is 2.21. The third-order valence-corrected chi connectivity index (χ3v) is 6.18. The fourth-order valence-electron chi connectivity index (χ4n) is 4.26. The summed E-state index contributed by atoms with van der Waals surface area (Å²) in [6.07, 6.45) is -4.48. The number of anilines is 1. The fraction of sp³-hybridized carbons (Fsp3) is 0.286. The first-order chi connectivity index (χ1) is 18.1. The predicted octanol–water partition coefficient (Wildman–Crippen LogP) is 5.15. The van der Waals surface area contributed by atoms with Crippen molar-refractivity contribution in [1.82, 2.24) is 10.2 Å². The Labute approximate surface area is 217 Å². The molecule has 2 amide bonds. The van der Waals surface area contributed by atoms with Crippen LogP contribution in [0.1, 0.15) is 27.6 Å². The smallest absolute Gasteiger partial charge is 0.405 e. The van der Waals surface area contributed by atoms with Crippen LogP contribution in [0.2, 0.25) is 0 Å². The maximum Gasteiger partial charge on any atom is 0.405 e. The maximum absolute atomic E-state index is 15.0. The minimum absolute atomic E-state index is 0.127. The summed E-state index contributed by atoms with van der Waals surface area (Å²) in [6, 6.07) is 17.8. The van der Waals surface area contributed by atoms with Crippen LogP contribution in [0, 0.1) is 5.82 Å². The number of nitrogens with zero attached hydrogens (tertiary/aromatic N) is 2. The number of benzene rings is 3. The van der Waals surface area contributed by atoms with Gasteiger partial charge in [-0.05, 0) is 61.0 Å². The Bertz CT molecular complexity index is 1290. The zero-order chi connectivity index (χ0) is 27.3. The highest BCUT2D eigenvalue weighted by molar-refractivity contribution is 5.95. The molecule has 4 rings (SSSR count). The van der Waals surface area contributed by atoms with Crippen LogP contribution in [0.15, 0.2) is 66.7 Å². The first-order valence-electron chi connectivity index (χ1n) is 12.2. The first kappa shape index (κ1) is 27.0. The molecule has 0 saturated carbocycles. The van der Waals surface area contributed by atoms with Crippen molar-refractivity contribution in [3.05, 3.63) is 83.7 Å². The summed E-state index contributed by atoms with van der Waals surface area (Å²) in [6.45, 7) is 2.82. The van der Waals surface area contributed by atoms with Crippen LogP contribution < -0.4 is 15.0 Å². The number of carbonyl (C=O) groups excluding carboxylic acids is 2. The van der Waals surface area contributed by atoms with Gasteiger partial charge in [0.15, 0.2) is 0 Å². The van der Waals surface area contributed by atoms with Gasteiger partial charge in [-0.1, -0.05) is 18.2 Å². The van der Waals surface area contributed by atoms with Crippen molar-refractivity contribution >= 4 is 17.5 Å². The Hall–Kier alpha value is -4.08. The van der Waals surface area contributed by atoms with E-state index in [9.17, 15) is 27.2 Å². The average molecular weight is 530 g/mol. The maximum atomic E-state index is 15.0. The minimum Gasteiger partial charge on any atom is -0.494 e. The lowest BCUT2D eigenvalue weighted by Gasteiger charge is -2.36. The van der Waals surface area contributed by atoms with Gasteiger partial charge in [0.2, 0.25) is 0 Å². The molecule has 0 aliphatic carbocycles. The topological polar surface area (TPSA) is 61.9 Å². The molecule has 6 nitrogen and oxygen atoms in total. The van der Waals surface area contributed by atoms with E-state index in [0.717, 1.165) is 5.69 Å². The van der Waals surface area contributed by atoms with Crippen molar-refractivity contribution in [2.75, 3.05) is 44.2 Å². The van der Waals surface area contributed by atoms with E-state index < -0.39 is 24.4 Å². The number of ether oxygens (including phenoxy) is 1. The van der Waals surface area contributed by atoms with Crippen LogP contribution in [-0.4, -0.2) is 62.2 Å². The first-order valence-corrected chi connectivity index (χ1v) is 12.2. The Balaban J connectivity index is 1.35. The number of alkyl halides is 3. The summed E-state index contributed by atoms with van der Waals surface area (Å²) in [5.74, 6) is -0.927. The lowest BCUT2D eigenvalue weighted by Crippen LogP contribution is -2.48. The van der Waals surface area contributed by atoms with Crippen LogP contribution in [0.5, 0.6) is 5.75 Å². The number of hydrogen-bond acceptors (Lipinski definition) is 4. The molecule has 1 aliphatic heterocycles. The number of hydrogen-bond donors (Lipinski definition) is 1. The largest absolute Gasteiger partial charge is 0.494 e. The zero-order valence-corrected chi connectivity index (χ0v) is 20.7. The zero-order valence-electron chi connectivity index (χ0n) is 20.7. The lowest BCUT2D eigenvalue weighted by molar-refractivity contribution is -0.123. The van der Waals surface area contributed by atoms with E-state index in [-0.39, 0.29) is 17.0 Å². The molecule has 0 atom stereocenters. The molecule has 0 aromatic heterocycles. The van der Waals surface area contributed by atoms with E-state index in [2.05, 4.69) is 0 Å². The number of piperazine rings is 1. The number of halogens is 4. The van der Waals surface area contributed by atoms with Crippen molar-refractivity contribution in [1.29, 1.82) is 0 Å². The van der Waals surface area contributed by atoms with Crippen LogP contribution in [-0.2, 0) is 0 Å². The molecule has 1 saturated heterocycles. The molecule has 3 aromatic rings. The van der Waals surface area contributed by atoms with Crippen LogP contribution in [0.25, 0.3) is 11.1 Å². The number of carbonyl (C=O) groups is 2. The Morgan fingerprint density at radius 3 is 2.24 bits per heavy atom. The van der Waals surface area contributed by atoms with Gasteiger partial charge in [0.05, 0.1) is 6.61 Å². The molecule has 38 heavy (non-hydrogen) atoms. The van der Waals surface area contributed by atoms with Gasteiger partial charge in [0.1, 0.15) is 18.1 Å². The number of nitrogens with one attached hydrogen (secondary N) is 1. The van der Waals surface area contributed by atoms with Gasteiger partial charge >= 0.3 is 6.18 Å². The molecule has 0 bridgehead atoms. The third kappa shape index (κ3) is 6.62. The van der Waals surface area contributed by atoms with Crippen LogP contribution in [0.4, 0.5) is 23.2 Å². The van der Waals surface area contributed by atoms with Gasteiger partial charge in [-0.25, -0.2) is 4.39 Å². The summed E-state index contributed by atoms with van der Waals surface area (Å²) in [4.78, 5) is 28.6. The van der Waals surface area contributed by atoms with Crippen molar-refractivity contribution in [2.45, 2.75) is 13.1 Å². The lowest BCUT2D eigenvalue weighted by atomic mass is 10.0. The third-order valence-electron chi connectivity index (χ3n) is 6.18. The molecule has 1 N–H and O–H groups in total. The molecular formula is C28H27F4N3O3. The quantitative estimate of drug-likeness (QED) is 0.431. The van der Waals surface area contributed by atoms with E-state index in [0.29, 0.717) is 49.7 Å². The molecular weight excluding hydrogens is 502 g/mol. The minimum atomic E-state index is -4.48. The predicted molar refractivity (Wildman–Crippen MR) is 136 cm³/mol. The second-order valence-electron chi connectivity index (χ2n) is 8.78. The van der Waals surface area contributed by atoms with E-state index in [4.69, 9.17) is 4.74 Å². The summed E-state index contributed by atoms with van der Waals surface area (Å²) in [7, 11) is 0. The Kier molecular flexibility index (Phi) is 8.19. The Morgan fingerprint density at radius 2 is 1.61 bits per heavy atom. The molecule has 0 unspecified atom stereocenters. The van der Waals surface area contributed by atoms with Crippen molar-refractivity contribution in [2.24, 2.45) is 0 Å². The highest BCUT2D eigenvalue weighted by Gasteiger charge is 2.28. The molecule has 0 spiro atoms. The van der Waals surface area contributed by atoms with E-state index in [1.165, 1.54) is 18.2 Å². The van der Waals surface area contributed by atoms with Crippen molar-refractivity contribution in [3.63, 3.8) is 0 Å². The van der Waals surface area contributed by atoms with Crippen molar-refractivity contribution in [3.8, 4) is 16.9 Å². The Morgan fingerprint density at radius 1 is 0.921 bits per heavy atom. The molecule has 1 aliphatic rings. The van der Waals surface area contributed by atoms with Gasteiger partial charge in [-0.3, -0.25) is 9.59 Å². The summed E-state index contributed by atoms with van der Waals surface area (Å²) < 4.78 is 57.4. The van der Waals surface area contributed by atoms with Gasteiger partial charge in [0, 0.05) is 48.6 Å². The van der Waals surface area contributed by atoms with E-state index in [1.54, 1.807) is 53.4 Å². The monoisotopic (exact) mass is 529 g/mol. The highest BCUT2D eigenvalue weighted by atomic mass is 19.4. The molecule has 1 heterocycles. The molecule has 0 radical (unpaired) electrons.